The zero-order valence-electron chi connectivity index (χ0n) is 11.4. The summed E-state index contributed by atoms with van der Waals surface area (Å²) < 4.78 is 33.8. The summed E-state index contributed by atoms with van der Waals surface area (Å²) >= 11 is 0. The van der Waals surface area contributed by atoms with Gasteiger partial charge in [-0.05, 0) is 24.6 Å². The van der Waals surface area contributed by atoms with Gasteiger partial charge in [0.25, 0.3) is 5.91 Å². The van der Waals surface area contributed by atoms with Gasteiger partial charge in [0.2, 0.25) is 10.0 Å². The van der Waals surface area contributed by atoms with E-state index in [0.717, 1.165) is 0 Å². The second-order valence-electron chi connectivity index (χ2n) is 4.21. The molecular formula is C12H18N2O4S2. The van der Waals surface area contributed by atoms with Crippen LogP contribution in [0, 0.1) is 6.92 Å². The maximum absolute atomic E-state index is 12.0. The average Bonchev–Trinajstić information content (AvgIpc) is 2.37. The Morgan fingerprint density at radius 2 is 2.05 bits per heavy atom. The minimum atomic E-state index is -3.84. The number of sulfonamides is 1. The first-order valence-electron chi connectivity index (χ1n) is 6.02. The van der Waals surface area contributed by atoms with Crippen LogP contribution in [0.25, 0.3) is 0 Å². The summed E-state index contributed by atoms with van der Waals surface area (Å²) in [5, 5.41) is 7.65. The molecular weight excluding hydrogens is 300 g/mol. The van der Waals surface area contributed by atoms with Crippen molar-refractivity contribution in [3.63, 3.8) is 0 Å². The quantitative estimate of drug-likeness (QED) is 0.778. The molecule has 1 aromatic carbocycles. The van der Waals surface area contributed by atoms with Crippen LogP contribution in [0.2, 0.25) is 0 Å². The molecule has 1 atom stereocenters. The number of carbonyl (C=O) groups is 1. The molecule has 0 aliphatic rings. The van der Waals surface area contributed by atoms with Gasteiger partial charge in [0.1, 0.15) is 0 Å². The van der Waals surface area contributed by atoms with Gasteiger partial charge in [-0.1, -0.05) is 13.0 Å². The summed E-state index contributed by atoms with van der Waals surface area (Å²) in [6.07, 6.45) is 0. The van der Waals surface area contributed by atoms with Gasteiger partial charge in [-0.2, -0.15) is 0 Å². The molecule has 0 spiro atoms. The fraction of sp³-hybridized carbons (Fsp3) is 0.417. The van der Waals surface area contributed by atoms with Crippen molar-refractivity contribution in [3.8, 4) is 0 Å². The predicted molar refractivity (Wildman–Crippen MR) is 78.4 cm³/mol. The SMILES string of the molecule is CCS(=O)CCNC(=O)c1cc(S(N)(=O)=O)ccc1C. The largest absolute Gasteiger partial charge is 0.351 e. The molecule has 0 aliphatic carbocycles. The van der Waals surface area contributed by atoms with Crippen molar-refractivity contribution < 1.29 is 17.4 Å². The number of primary sulfonamides is 1. The zero-order valence-corrected chi connectivity index (χ0v) is 13.0. The van der Waals surface area contributed by atoms with Gasteiger partial charge >= 0.3 is 0 Å². The zero-order chi connectivity index (χ0) is 15.3. The van der Waals surface area contributed by atoms with Crippen molar-refractivity contribution in [1.29, 1.82) is 0 Å². The van der Waals surface area contributed by atoms with Gasteiger partial charge in [-0.3, -0.25) is 9.00 Å². The Kier molecular flexibility index (Phi) is 5.85. The Balaban J connectivity index is 2.85. The predicted octanol–water partition coefficient (Wildman–Crippen LogP) is 0.141. The van der Waals surface area contributed by atoms with Crippen molar-refractivity contribution in [3.05, 3.63) is 29.3 Å². The van der Waals surface area contributed by atoms with E-state index < -0.39 is 26.7 Å². The number of carbonyl (C=O) groups excluding carboxylic acids is 1. The fourth-order valence-corrected chi connectivity index (χ4v) is 2.70. The summed E-state index contributed by atoms with van der Waals surface area (Å²) in [4.78, 5) is 11.9. The Bertz CT molecular complexity index is 626. The van der Waals surface area contributed by atoms with Crippen LogP contribution in [0.15, 0.2) is 23.1 Å². The molecule has 0 heterocycles. The molecule has 1 amide bonds. The number of nitrogens with two attached hydrogens (primary N) is 1. The van der Waals surface area contributed by atoms with Crippen LogP contribution in [0.5, 0.6) is 0 Å². The van der Waals surface area contributed by atoms with Crippen LogP contribution >= 0.6 is 0 Å². The Hall–Kier alpha value is -1.25. The average molecular weight is 318 g/mol. The molecule has 0 radical (unpaired) electrons. The summed E-state index contributed by atoms with van der Waals surface area (Å²) in [5.74, 6) is 0.507. The smallest absolute Gasteiger partial charge is 0.251 e. The van der Waals surface area contributed by atoms with Crippen LogP contribution in [0.4, 0.5) is 0 Å². The molecule has 112 valence electrons. The van der Waals surface area contributed by atoms with Crippen LogP contribution in [0.1, 0.15) is 22.8 Å². The molecule has 0 aliphatic heterocycles. The molecule has 1 aromatic rings. The second kappa shape index (κ2) is 6.96. The first-order valence-corrected chi connectivity index (χ1v) is 9.05. The van der Waals surface area contributed by atoms with Crippen molar-refractivity contribution in [2.24, 2.45) is 5.14 Å². The van der Waals surface area contributed by atoms with Crippen molar-refractivity contribution in [2.75, 3.05) is 18.1 Å². The molecule has 6 nitrogen and oxygen atoms in total. The van der Waals surface area contributed by atoms with Crippen molar-refractivity contribution in [1.82, 2.24) is 5.32 Å². The number of nitrogens with one attached hydrogen (secondary N) is 1. The van der Waals surface area contributed by atoms with Crippen LogP contribution in [0.3, 0.4) is 0 Å². The molecule has 0 fully saturated rings. The minimum absolute atomic E-state index is 0.106. The summed E-state index contributed by atoms with van der Waals surface area (Å²) in [6, 6.07) is 4.13. The lowest BCUT2D eigenvalue weighted by Gasteiger charge is -2.09. The molecule has 8 heteroatoms. The number of amides is 1. The van der Waals surface area contributed by atoms with Crippen LogP contribution in [-0.4, -0.2) is 36.6 Å². The number of benzene rings is 1. The number of aryl methyl sites for hydroxylation is 1. The first kappa shape index (κ1) is 16.8. The highest BCUT2D eigenvalue weighted by atomic mass is 32.2. The molecule has 1 unspecified atom stereocenters. The maximum atomic E-state index is 12.0. The minimum Gasteiger partial charge on any atom is -0.351 e. The third kappa shape index (κ3) is 4.69. The molecule has 0 saturated carbocycles. The number of rotatable bonds is 6. The lowest BCUT2D eigenvalue weighted by molar-refractivity contribution is 0.0955. The Labute approximate surface area is 121 Å². The monoisotopic (exact) mass is 318 g/mol. The molecule has 0 aromatic heterocycles. The standard InChI is InChI=1S/C12H18N2O4S2/c1-3-19(16)7-6-14-12(15)11-8-10(20(13,17)18)5-4-9(11)2/h4-5,8H,3,6-7H2,1-2H3,(H,14,15)(H2,13,17,18). The van der Waals surface area contributed by atoms with E-state index in [1.54, 1.807) is 13.8 Å². The van der Waals surface area contributed by atoms with E-state index >= 15 is 0 Å². The Morgan fingerprint density at radius 3 is 2.60 bits per heavy atom. The van der Waals surface area contributed by atoms with Crippen LogP contribution < -0.4 is 10.5 Å². The molecule has 0 saturated heterocycles. The van der Waals surface area contributed by atoms with Gasteiger partial charge in [0.05, 0.1) is 4.90 Å². The topological polar surface area (TPSA) is 106 Å². The van der Waals surface area contributed by atoms with E-state index in [2.05, 4.69) is 5.32 Å². The van der Waals surface area contributed by atoms with Crippen molar-refractivity contribution in [2.45, 2.75) is 18.7 Å². The lowest BCUT2D eigenvalue weighted by atomic mass is 10.1. The highest BCUT2D eigenvalue weighted by Gasteiger charge is 2.14. The second-order valence-corrected chi connectivity index (χ2v) is 7.64. The van der Waals surface area contributed by atoms with Gasteiger partial charge in [0.15, 0.2) is 0 Å². The highest BCUT2D eigenvalue weighted by molar-refractivity contribution is 7.89. The fourth-order valence-electron chi connectivity index (χ4n) is 1.54. The van der Waals surface area contributed by atoms with Gasteiger partial charge in [0, 0.05) is 34.4 Å². The van der Waals surface area contributed by atoms with Gasteiger partial charge in [-0.15, -0.1) is 0 Å². The molecule has 0 bridgehead atoms. The van der Waals surface area contributed by atoms with Gasteiger partial charge < -0.3 is 5.32 Å². The van der Waals surface area contributed by atoms with E-state index in [9.17, 15) is 17.4 Å². The van der Waals surface area contributed by atoms with Crippen molar-refractivity contribution >= 4 is 26.7 Å². The molecule has 20 heavy (non-hydrogen) atoms. The van der Waals surface area contributed by atoms with E-state index in [1.807, 2.05) is 0 Å². The van der Waals surface area contributed by atoms with E-state index in [0.29, 0.717) is 17.1 Å². The normalized spacial score (nSPS) is 12.9. The molecule has 3 N–H and O–H groups in total. The third-order valence-corrected chi connectivity index (χ3v) is 4.93. The maximum Gasteiger partial charge on any atom is 0.251 e. The summed E-state index contributed by atoms with van der Waals surface area (Å²) in [5.41, 5.74) is 0.894. The molecule has 1 rings (SSSR count). The number of hydrogen-bond acceptors (Lipinski definition) is 4. The lowest BCUT2D eigenvalue weighted by Crippen LogP contribution is -2.29. The summed E-state index contributed by atoms with van der Waals surface area (Å²) in [6.45, 7) is 3.78. The van der Waals surface area contributed by atoms with E-state index in [4.69, 9.17) is 5.14 Å². The summed E-state index contributed by atoms with van der Waals surface area (Å²) in [7, 11) is -4.80. The van der Waals surface area contributed by atoms with Crippen LogP contribution in [-0.2, 0) is 20.8 Å². The third-order valence-electron chi connectivity index (χ3n) is 2.72. The van der Waals surface area contributed by atoms with E-state index in [-0.39, 0.29) is 17.0 Å². The first-order chi connectivity index (χ1) is 9.25. The number of hydrogen-bond donors (Lipinski definition) is 2. The highest BCUT2D eigenvalue weighted by Crippen LogP contribution is 2.14. The van der Waals surface area contributed by atoms with Gasteiger partial charge in [-0.25, -0.2) is 13.6 Å². The Morgan fingerprint density at radius 1 is 1.40 bits per heavy atom. The van der Waals surface area contributed by atoms with E-state index in [1.165, 1.54) is 18.2 Å².